The molecule has 0 bridgehead atoms. The van der Waals surface area contributed by atoms with Crippen molar-refractivity contribution in [3.8, 4) is 0 Å². The Kier molecular flexibility index (Phi) is 5.67. The summed E-state index contributed by atoms with van der Waals surface area (Å²) in [4.78, 5) is 11.0. The van der Waals surface area contributed by atoms with Crippen molar-refractivity contribution in [1.29, 1.82) is 0 Å². The Labute approximate surface area is 119 Å². The molecule has 6 nitrogen and oxygen atoms in total. The zero-order valence-electron chi connectivity index (χ0n) is 11.8. The number of likely N-dealkylation sites (N-methyl/N-ethyl adjacent to an activating group) is 1. The lowest BCUT2D eigenvalue weighted by Gasteiger charge is -2.18. The Morgan fingerprint density at radius 2 is 1.90 bits per heavy atom. The molecule has 1 aromatic rings. The number of hydrogen-bond acceptors (Lipinski definition) is 4. The summed E-state index contributed by atoms with van der Waals surface area (Å²) in [5.41, 5.74) is 0.817. The van der Waals surface area contributed by atoms with E-state index in [1.54, 1.807) is 12.1 Å². The van der Waals surface area contributed by atoms with Gasteiger partial charge in [0.25, 0.3) is 0 Å². The van der Waals surface area contributed by atoms with Crippen molar-refractivity contribution in [2.45, 2.75) is 31.4 Å². The minimum absolute atomic E-state index is 0.0377. The van der Waals surface area contributed by atoms with Crippen LogP contribution in [0.3, 0.4) is 0 Å². The van der Waals surface area contributed by atoms with E-state index < -0.39 is 16.1 Å². The Bertz CT molecular complexity index is 552. The number of nitrogens with zero attached hydrogens (tertiary/aromatic N) is 1. The molecule has 0 heterocycles. The molecule has 0 saturated heterocycles. The largest absolute Gasteiger partial charge is 0.392 e. The van der Waals surface area contributed by atoms with Gasteiger partial charge in [0.15, 0.2) is 0 Å². The molecule has 1 atom stereocenters. The average Bonchev–Trinajstić information content (AvgIpc) is 2.36. The van der Waals surface area contributed by atoms with E-state index in [0.717, 1.165) is 9.87 Å². The molecule has 0 radical (unpaired) electrons. The zero-order chi connectivity index (χ0) is 15.3. The second-order valence-electron chi connectivity index (χ2n) is 4.69. The van der Waals surface area contributed by atoms with Crippen molar-refractivity contribution < 1.29 is 18.3 Å². The number of rotatable bonds is 6. The molecule has 2 N–H and O–H groups in total. The number of hydrogen-bond donors (Lipinski definition) is 2. The predicted octanol–water partition coefficient (Wildman–Crippen LogP) is 0.324. The molecule has 0 saturated carbocycles. The third-order valence-corrected chi connectivity index (χ3v) is 4.53. The summed E-state index contributed by atoms with van der Waals surface area (Å²) in [7, 11) is -2.17. The first-order valence-electron chi connectivity index (χ1n) is 6.21. The first-order chi connectivity index (χ1) is 9.23. The highest BCUT2D eigenvalue weighted by Crippen LogP contribution is 2.15. The van der Waals surface area contributed by atoms with Crippen molar-refractivity contribution >= 4 is 15.9 Å². The first-order valence-corrected chi connectivity index (χ1v) is 7.65. The van der Waals surface area contributed by atoms with Gasteiger partial charge in [-0.25, -0.2) is 8.42 Å². The van der Waals surface area contributed by atoms with Crippen molar-refractivity contribution in [3.05, 3.63) is 29.8 Å². The van der Waals surface area contributed by atoms with Crippen LogP contribution in [0, 0.1) is 0 Å². The van der Waals surface area contributed by atoms with Gasteiger partial charge in [-0.1, -0.05) is 12.1 Å². The molecular weight excluding hydrogens is 280 g/mol. The summed E-state index contributed by atoms with van der Waals surface area (Å²) >= 11 is 0. The molecule has 1 unspecified atom stereocenters. The monoisotopic (exact) mass is 300 g/mol. The minimum atomic E-state index is -3.60. The highest BCUT2D eigenvalue weighted by Gasteiger charge is 2.21. The molecule has 1 aromatic carbocycles. The van der Waals surface area contributed by atoms with Gasteiger partial charge in [0.1, 0.15) is 0 Å². The van der Waals surface area contributed by atoms with Gasteiger partial charge in [-0.05, 0) is 24.6 Å². The van der Waals surface area contributed by atoms with E-state index in [9.17, 15) is 18.3 Å². The second-order valence-corrected chi connectivity index (χ2v) is 6.73. The van der Waals surface area contributed by atoms with E-state index in [1.165, 1.54) is 33.0 Å². The second kappa shape index (κ2) is 6.83. The van der Waals surface area contributed by atoms with Crippen molar-refractivity contribution in [2.75, 3.05) is 13.6 Å². The van der Waals surface area contributed by atoms with E-state index in [-0.39, 0.29) is 17.3 Å². The van der Waals surface area contributed by atoms with Gasteiger partial charge in [0, 0.05) is 27.1 Å². The smallest absolute Gasteiger partial charge is 0.242 e. The summed E-state index contributed by atoms with van der Waals surface area (Å²) < 4.78 is 25.5. The number of aliphatic hydroxyl groups is 1. The Balaban J connectivity index is 2.84. The van der Waals surface area contributed by atoms with Crippen molar-refractivity contribution in [1.82, 2.24) is 9.62 Å². The fraction of sp³-hybridized carbons (Fsp3) is 0.462. The maximum absolute atomic E-state index is 12.2. The highest BCUT2D eigenvalue weighted by atomic mass is 32.2. The van der Waals surface area contributed by atoms with Crippen LogP contribution in [-0.4, -0.2) is 43.4 Å². The van der Waals surface area contributed by atoms with Crippen LogP contribution in [0.25, 0.3) is 0 Å². The van der Waals surface area contributed by atoms with Crippen LogP contribution < -0.4 is 5.32 Å². The summed E-state index contributed by atoms with van der Waals surface area (Å²) in [6, 6.07) is 6.29. The normalized spacial score (nSPS) is 13.2. The van der Waals surface area contributed by atoms with Crippen LogP contribution in [0.2, 0.25) is 0 Å². The van der Waals surface area contributed by atoms with Crippen LogP contribution in [0.1, 0.15) is 19.4 Å². The number of nitrogens with one attached hydrogen (secondary N) is 1. The standard InChI is InChI=1S/C13H20N2O4S/c1-10(16)9-15(3)20(18,19)13-6-4-12(5-7-13)8-14-11(2)17/h4-7,10,16H,8-9H2,1-3H3,(H,14,17). The molecule has 0 aliphatic heterocycles. The number of benzene rings is 1. The fourth-order valence-corrected chi connectivity index (χ4v) is 2.91. The lowest BCUT2D eigenvalue weighted by molar-refractivity contribution is -0.119. The lowest BCUT2D eigenvalue weighted by Crippen LogP contribution is -2.33. The molecular formula is C13H20N2O4S. The number of carbonyl (C=O) groups is 1. The molecule has 0 spiro atoms. The van der Waals surface area contributed by atoms with Gasteiger partial charge in [-0.2, -0.15) is 4.31 Å². The molecule has 0 fully saturated rings. The molecule has 0 aliphatic carbocycles. The van der Waals surface area contributed by atoms with Crippen molar-refractivity contribution in [3.63, 3.8) is 0 Å². The van der Waals surface area contributed by atoms with Crippen LogP contribution in [-0.2, 0) is 21.4 Å². The third kappa shape index (κ3) is 4.59. The number of sulfonamides is 1. The molecule has 20 heavy (non-hydrogen) atoms. The Hall–Kier alpha value is -1.44. The van der Waals surface area contributed by atoms with E-state index >= 15 is 0 Å². The maximum Gasteiger partial charge on any atom is 0.242 e. The van der Waals surface area contributed by atoms with E-state index in [2.05, 4.69) is 5.32 Å². The van der Waals surface area contributed by atoms with Crippen LogP contribution in [0.15, 0.2) is 29.2 Å². The number of aliphatic hydroxyl groups excluding tert-OH is 1. The molecule has 112 valence electrons. The fourth-order valence-electron chi connectivity index (χ4n) is 1.66. The maximum atomic E-state index is 12.2. The van der Waals surface area contributed by atoms with Gasteiger partial charge in [0.05, 0.1) is 11.0 Å². The minimum Gasteiger partial charge on any atom is -0.392 e. The van der Waals surface area contributed by atoms with E-state index in [1.807, 2.05) is 0 Å². The summed E-state index contributed by atoms with van der Waals surface area (Å²) in [6.07, 6.45) is -0.728. The average molecular weight is 300 g/mol. The predicted molar refractivity (Wildman–Crippen MR) is 75.5 cm³/mol. The van der Waals surface area contributed by atoms with Gasteiger partial charge >= 0.3 is 0 Å². The Morgan fingerprint density at radius 3 is 2.35 bits per heavy atom. The van der Waals surface area contributed by atoms with Gasteiger partial charge in [0.2, 0.25) is 15.9 Å². The number of amides is 1. The number of carbonyl (C=O) groups excluding carboxylic acids is 1. The quantitative estimate of drug-likeness (QED) is 0.792. The van der Waals surface area contributed by atoms with Gasteiger partial charge < -0.3 is 10.4 Å². The van der Waals surface area contributed by atoms with Crippen LogP contribution in [0.4, 0.5) is 0 Å². The molecule has 7 heteroatoms. The van der Waals surface area contributed by atoms with Crippen molar-refractivity contribution in [2.24, 2.45) is 0 Å². The van der Waals surface area contributed by atoms with Crippen LogP contribution in [0.5, 0.6) is 0 Å². The first kappa shape index (κ1) is 16.6. The summed E-state index contributed by atoms with van der Waals surface area (Å²) in [5.74, 6) is -0.140. The SMILES string of the molecule is CC(=O)NCc1ccc(S(=O)(=O)N(C)CC(C)O)cc1. The van der Waals surface area contributed by atoms with Gasteiger partial charge in [-0.15, -0.1) is 0 Å². The third-order valence-electron chi connectivity index (χ3n) is 2.69. The summed E-state index contributed by atoms with van der Waals surface area (Å²) in [6.45, 7) is 3.35. The topological polar surface area (TPSA) is 86.7 Å². The molecule has 1 rings (SSSR count). The molecule has 0 aromatic heterocycles. The molecule has 0 aliphatic rings. The highest BCUT2D eigenvalue weighted by molar-refractivity contribution is 7.89. The summed E-state index contributed by atoms with van der Waals surface area (Å²) in [5, 5.41) is 11.9. The lowest BCUT2D eigenvalue weighted by atomic mass is 10.2. The van der Waals surface area contributed by atoms with E-state index in [0.29, 0.717) is 6.54 Å². The zero-order valence-corrected chi connectivity index (χ0v) is 12.6. The molecule has 1 amide bonds. The van der Waals surface area contributed by atoms with Gasteiger partial charge in [-0.3, -0.25) is 4.79 Å². The van der Waals surface area contributed by atoms with Crippen LogP contribution >= 0.6 is 0 Å². The van der Waals surface area contributed by atoms with E-state index in [4.69, 9.17) is 0 Å². The Morgan fingerprint density at radius 1 is 1.35 bits per heavy atom.